The van der Waals surface area contributed by atoms with Gasteiger partial charge in [-0.2, -0.15) is 8.78 Å². The first kappa shape index (κ1) is 13.4. The first-order valence-corrected chi connectivity index (χ1v) is 4.93. The van der Waals surface area contributed by atoms with Crippen LogP contribution in [0.5, 0.6) is 5.75 Å². The normalized spacial score (nSPS) is 10.4. The number of benzene rings is 1. The molecule has 0 aliphatic rings. The Morgan fingerprint density at radius 2 is 2.00 bits per heavy atom. The SMILES string of the molecule is COC(=O)CNCc1ccc(OC(F)F)cc1. The molecule has 94 valence electrons. The van der Waals surface area contributed by atoms with Crippen molar-refractivity contribution in [3.8, 4) is 5.75 Å². The van der Waals surface area contributed by atoms with Crippen LogP contribution in [0.1, 0.15) is 5.56 Å². The van der Waals surface area contributed by atoms with Crippen LogP contribution in [0.4, 0.5) is 8.78 Å². The van der Waals surface area contributed by atoms with Crippen LogP contribution >= 0.6 is 0 Å². The zero-order valence-corrected chi connectivity index (χ0v) is 9.28. The fourth-order valence-electron chi connectivity index (χ4n) is 1.17. The van der Waals surface area contributed by atoms with Crippen molar-refractivity contribution >= 4 is 5.97 Å². The third kappa shape index (κ3) is 5.26. The van der Waals surface area contributed by atoms with Crippen LogP contribution in [0.15, 0.2) is 24.3 Å². The molecule has 0 radical (unpaired) electrons. The minimum absolute atomic E-state index is 0.103. The fourth-order valence-corrected chi connectivity index (χ4v) is 1.17. The number of carbonyl (C=O) groups excluding carboxylic acids is 1. The van der Waals surface area contributed by atoms with E-state index in [9.17, 15) is 13.6 Å². The van der Waals surface area contributed by atoms with Crippen LogP contribution in [0.25, 0.3) is 0 Å². The van der Waals surface area contributed by atoms with Gasteiger partial charge in [0.25, 0.3) is 0 Å². The van der Waals surface area contributed by atoms with Crippen molar-refractivity contribution in [2.75, 3.05) is 13.7 Å². The third-order valence-corrected chi connectivity index (χ3v) is 1.97. The summed E-state index contributed by atoms with van der Waals surface area (Å²) < 4.78 is 32.4. The van der Waals surface area contributed by atoms with Crippen molar-refractivity contribution in [1.82, 2.24) is 5.32 Å². The van der Waals surface area contributed by atoms with E-state index in [1.165, 1.54) is 19.2 Å². The van der Waals surface area contributed by atoms with E-state index in [0.29, 0.717) is 6.54 Å². The average Bonchev–Trinajstić information content (AvgIpc) is 2.30. The van der Waals surface area contributed by atoms with E-state index in [-0.39, 0.29) is 18.3 Å². The number of hydrogen-bond donors (Lipinski definition) is 1. The Morgan fingerprint density at radius 3 is 2.53 bits per heavy atom. The van der Waals surface area contributed by atoms with Crippen molar-refractivity contribution in [3.63, 3.8) is 0 Å². The van der Waals surface area contributed by atoms with Gasteiger partial charge >= 0.3 is 12.6 Å². The van der Waals surface area contributed by atoms with Crippen molar-refractivity contribution < 1.29 is 23.0 Å². The van der Waals surface area contributed by atoms with Gasteiger partial charge in [-0.1, -0.05) is 12.1 Å². The summed E-state index contributed by atoms with van der Waals surface area (Å²) in [5, 5.41) is 2.85. The highest BCUT2D eigenvalue weighted by Crippen LogP contribution is 2.14. The van der Waals surface area contributed by atoms with Crippen molar-refractivity contribution in [3.05, 3.63) is 29.8 Å². The Hall–Kier alpha value is -1.69. The lowest BCUT2D eigenvalue weighted by Crippen LogP contribution is -2.23. The van der Waals surface area contributed by atoms with Gasteiger partial charge in [-0.05, 0) is 17.7 Å². The van der Waals surface area contributed by atoms with E-state index in [0.717, 1.165) is 5.56 Å². The van der Waals surface area contributed by atoms with Gasteiger partial charge in [0, 0.05) is 6.54 Å². The number of methoxy groups -OCH3 is 1. The lowest BCUT2D eigenvalue weighted by molar-refractivity contribution is -0.139. The average molecular weight is 245 g/mol. The van der Waals surface area contributed by atoms with Crippen molar-refractivity contribution in [1.29, 1.82) is 0 Å². The summed E-state index contributed by atoms with van der Waals surface area (Å²) in [5.41, 5.74) is 0.857. The first-order valence-electron chi connectivity index (χ1n) is 4.93. The van der Waals surface area contributed by atoms with Crippen LogP contribution in [0, 0.1) is 0 Å². The van der Waals surface area contributed by atoms with Crippen molar-refractivity contribution in [2.24, 2.45) is 0 Å². The molecule has 0 aromatic heterocycles. The third-order valence-electron chi connectivity index (χ3n) is 1.97. The predicted molar refractivity (Wildman–Crippen MR) is 56.8 cm³/mol. The van der Waals surface area contributed by atoms with Gasteiger partial charge < -0.3 is 14.8 Å². The van der Waals surface area contributed by atoms with Gasteiger partial charge in [0.05, 0.1) is 13.7 Å². The van der Waals surface area contributed by atoms with Crippen LogP contribution in [-0.4, -0.2) is 26.2 Å². The second kappa shape index (κ2) is 6.80. The molecule has 0 aliphatic heterocycles. The number of ether oxygens (including phenoxy) is 2. The summed E-state index contributed by atoms with van der Waals surface area (Å²) in [4.78, 5) is 10.8. The molecule has 0 heterocycles. The number of carbonyl (C=O) groups is 1. The zero-order valence-electron chi connectivity index (χ0n) is 9.28. The molecule has 1 rings (SSSR count). The summed E-state index contributed by atoms with van der Waals surface area (Å²) in [6, 6.07) is 6.17. The number of alkyl halides is 2. The molecule has 0 saturated carbocycles. The smallest absolute Gasteiger partial charge is 0.387 e. The van der Waals surface area contributed by atoms with E-state index >= 15 is 0 Å². The predicted octanol–water partition coefficient (Wildman–Crippen LogP) is 1.55. The lowest BCUT2D eigenvalue weighted by Gasteiger charge is -2.06. The molecule has 0 fully saturated rings. The second-order valence-electron chi connectivity index (χ2n) is 3.20. The minimum Gasteiger partial charge on any atom is -0.468 e. The van der Waals surface area contributed by atoms with E-state index in [2.05, 4.69) is 14.8 Å². The fraction of sp³-hybridized carbons (Fsp3) is 0.364. The van der Waals surface area contributed by atoms with Gasteiger partial charge in [-0.3, -0.25) is 4.79 Å². The zero-order chi connectivity index (χ0) is 12.7. The summed E-state index contributed by atoms with van der Waals surface area (Å²) in [6.45, 7) is -2.27. The summed E-state index contributed by atoms with van der Waals surface area (Å²) >= 11 is 0. The molecule has 0 spiro atoms. The summed E-state index contributed by atoms with van der Waals surface area (Å²) in [6.07, 6.45) is 0. The molecule has 0 aliphatic carbocycles. The van der Waals surface area contributed by atoms with E-state index in [1.54, 1.807) is 12.1 Å². The Kier molecular flexibility index (Phi) is 5.35. The quantitative estimate of drug-likeness (QED) is 0.772. The van der Waals surface area contributed by atoms with Gasteiger partial charge in [0.2, 0.25) is 0 Å². The maximum absolute atomic E-state index is 11.9. The standard InChI is InChI=1S/C11H13F2NO3/c1-16-10(15)7-14-6-8-2-4-9(5-3-8)17-11(12)13/h2-5,11,14H,6-7H2,1H3. The van der Waals surface area contributed by atoms with Gasteiger partial charge in [-0.15, -0.1) is 0 Å². The number of halogens is 2. The summed E-state index contributed by atoms with van der Waals surface area (Å²) in [7, 11) is 1.31. The van der Waals surface area contributed by atoms with E-state index in [1.807, 2.05) is 0 Å². The highest BCUT2D eigenvalue weighted by atomic mass is 19.3. The molecule has 1 aromatic carbocycles. The Bertz CT molecular complexity index is 354. The largest absolute Gasteiger partial charge is 0.468 e. The molecule has 0 atom stereocenters. The molecule has 0 amide bonds. The number of nitrogens with one attached hydrogen (secondary N) is 1. The van der Waals surface area contributed by atoms with Crippen LogP contribution < -0.4 is 10.1 Å². The molecule has 0 unspecified atom stereocenters. The Balaban J connectivity index is 2.37. The van der Waals surface area contributed by atoms with Crippen molar-refractivity contribution in [2.45, 2.75) is 13.2 Å². The highest BCUT2D eigenvalue weighted by molar-refractivity contribution is 5.71. The Morgan fingerprint density at radius 1 is 1.35 bits per heavy atom. The highest BCUT2D eigenvalue weighted by Gasteiger charge is 2.04. The number of hydrogen-bond acceptors (Lipinski definition) is 4. The molecule has 0 bridgehead atoms. The molecule has 1 N–H and O–H groups in total. The number of esters is 1. The first-order chi connectivity index (χ1) is 8.11. The minimum atomic E-state index is -2.82. The maximum Gasteiger partial charge on any atom is 0.387 e. The molecule has 1 aromatic rings. The van der Waals surface area contributed by atoms with Gasteiger partial charge in [0.15, 0.2) is 0 Å². The topological polar surface area (TPSA) is 47.6 Å². The number of rotatable bonds is 6. The summed E-state index contributed by atoms with van der Waals surface area (Å²) in [5.74, 6) is -0.251. The molecule has 0 saturated heterocycles. The van der Waals surface area contributed by atoms with Gasteiger partial charge in [0.1, 0.15) is 5.75 Å². The molecule has 6 heteroatoms. The maximum atomic E-state index is 11.9. The van der Waals surface area contributed by atoms with E-state index < -0.39 is 6.61 Å². The monoisotopic (exact) mass is 245 g/mol. The molecular weight excluding hydrogens is 232 g/mol. The van der Waals surface area contributed by atoms with Crippen LogP contribution in [0.3, 0.4) is 0 Å². The second-order valence-corrected chi connectivity index (χ2v) is 3.20. The van der Waals surface area contributed by atoms with Crippen LogP contribution in [0.2, 0.25) is 0 Å². The molecule has 17 heavy (non-hydrogen) atoms. The van der Waals surface area contributed by atoms with Crippen LogP contribution in [-0.2, 0) is 16.1 Å². The molecular formula is C11H13F2NO3. The van der Waals surface area contributed by atoms with Gasteiger partial charge in [-0.25, -0.2) is 0 Å². The lowest BCUT2D eigenvalue weighted by atomic mass is 10.2. The Labute approximate surface area is 97.5 Å². The van der Waals surface area contributed by atoms with E-state index in [4.69, 9.17) is 0 Å². The molecule has 4 nitrogen and oxygen atoms in total.